The number of alkyl halides is 2. The normalized spacial score (nSPS) is 22.9. The van der Waals surface area contributed by atoms with Crippen LogP contribution in [0.1, 0.15) is 54.6 Å². The first kappa shape index (κ1) is 23.9. The number of aromatic nitrogens is 2. The van der Waals surface area contributed by atoms with Crippen molar-refractivity contribution in [3.63, 3.8) is 0 Å². The number of anilines is 1. The van der Waals surface area contributed by atoms with Crippen molar-refractivity contribution in [3.05, 3.63) is 51.9 Å². The summed E-state index contributed by atoms with van der Waals surface area (Å²) in [5, 5.41) is 12.7. The number of halogens is 3. The molecule has 1 aliphatic heterocycles. The van der Waals surface area contributed by atoms with Crippen LogP contribution < -0.4 is 5.32 Å². The zero-order valence-corrected chi connectivity index (χ0v) is 20.2. The van der Waals surface area contributed by atoms with Crippen LogP contribution in [0.25, 0.3) is 0 Å². The number of nitrogens with zero attached hydrogens (tertiary/aromatic N) is 4. The quantitative estimate of drug-likeness (QED) is 0.570. The highest BCUT2D eigenvalue weighted by Gasteiger charge is 2.35. The van der Waals surface area contributed by atoms with E-state index in [1.807, 2.05) is 6.92 Å². The Balaban J connectivity index is 1.32. The average molecular weight is 492 g/mol. The van der Waals surface area contributed by atoms with Crippen molar-refractivity contribution in [2.24, 2.45) is 0 Å². The van der Waals surface area contributed by atoms with Crippen LogP contribution in [0.2, 0.25) is 5.28 Å². The maximum atomic E-state index is 14.0. The summed E-state index contributed by atoms with van der Waals surface area (Å²) in [6, 6.07) is 7.15. The molecular formula is C25H32ClF2N5O. The van der Waals surface area contributed by atoms with Gasteiger partial charge in [0.1, 0.15) is 12.4 Å². The lowest BCUT2D eigenvalue weighted by Gasteiger charge is -2.41. The molecule has 2 heterocycles. The topological polar surface area (TPSA) is 64.5 Å². The highest BCUT2D eigenvalue weighted by atomic mass is 35.5. The molecule has 9 heteroatoms. The van der Waals surface area contributed by atoms with Crippen molar-refractivity contribution in [1.82, 2.24) is 19.8 Å². The first-order chi connectivity index (χ1) is 16.3. The molecule has 1 saturated carbocycles. The number of hydrogen-bond donors (Lipinski definition) is 2. The second-order valence-corrected chi connectivity index (χ2v) is 10.2. The van der Waals surface area contributed by atoms with E-state index < -0.39 is 12.5 Å². The summed E-state index contributed by atoms with van der Waals surface area (Å²) in [7, 11) is 0. The Labute approximate surface area is 204 Å². The highest BCUT2D eigenvalue weighted by Crippen LogP contribution is 2.34. The third kappa shape index (κ3) is 5.05. The van der Waals surface area contributed by atoms with Gasteiger partial charge in [0, 0.05) is 55.4 Å². The fraction of sp³-hybridized carbons (Fsp3) is 0.600. The molecule has 2 N–H and O–H groups in total. The maximum Gasteiger partial charge on any atom is 0.295 e. The molecule has 6 nitrogen and oxygen atoms in total. The Hall–Kier alpha value is -1.87. The zero-order valence-electron chi connectivity index (χ0n) is 19.5. The van der Waals surface area contributed by atoms with Crippen LogP contribution in [0, 0.1) is 0 Å². The van der Waals surface area contributed by atoms with E-state index >= 15 is 0 Å². The Morgan fingerprint density at radius 2 is 1.82 bits per heavy atom. The van der Waals surface area contributed by atoms with Gasteiger partial charge < -0.3 is 10.4 Å². The first-order valence-electron chi connectivity index (χ1n) is 12.2. The van der Waals surface area contributed by atoms with Crippen LogP contribution in [0.3, 0.4) is 0 Å². The lowest BCUT2D eigenvalue weighted by Crippen LogP contribution is -2.52. The molecule has 2 atom stereocenters. The molecule has 2 aromatic rings. The molecule has 3 aliphatic rings. The van der Waals surface area contributed by atoms with E-state index in [-0.39, 0.29) is 16.9 Å². The largest absolute Gasteiger partial charge is 0.390 e. The van der Waals surface area contributed by atoms with E-state index in [4.69, 9.17) is 16.7 Å². The summed E-state index contributed by atoms with van der Waals surface area (Å²) in [6.07, 6.45) is 5.46. The van der Waals surface area contributed by atoms with Gasteiger partial charge >= 0.3 is 0 Å². The summed E-state index contributed by atoms with van der Waals surface area (Å²) >= 11 is 6.25. The Morgan fingerprint density at radius 1 is 1.12 bits per heavy atom. The summed E-state index contributed by atoms with van der Waals surface area (Å²) in [4.78, 5) is 14.2. The van der Waals surface area contributed by atoms with Crippen LogP contribution in [-0.2, 0) is 18.8 Å². The van der Waals surface area contributed by atoms with Crippen molar-refractivity contribution in [3.8, 4) is 0 Å². The highest BCUT2D eigenvalue weighted by molar-refractivity contribution is 6.28. The summed E-state index contributed by atoms with van der Waals surface area (Å²) < 4.78 is 28.0. The lowest BCUT2D eigenvalue weighted by atomic mass is 9.90. The van der Waals surface area contributed by atoms with E-state index in [1.54, 1.807) is 12.1 Å². The summed E-state index contributed by atoms with van der Waals surface area (Å²) in [5.41, 5.74) is 2.55. The molecule has 34 heavy (non-hydrogen) atoms. The molecule has 2 aliphatic carbocycles. The minimum Gasteiger partial charge on any atom is -0.390 e. The van der Waals surface area contributed by atoms with E-state index in [0.29, 0.717) is 17.4 Å². The smallest absolute Gasteiger partial charge is 0.295 e. The summed E-state index contributed by atoms with van der Waals surface area (Å²) in [6.45, 7) is 5.16. The van der Waals surface area contributed by atoms with Crippen LogP contribution in [0.5, 0.6) is 0 Å². The Kier molecular flexibility index (Phi) is 6.77. The summed E-state index contributed by atoms with van der Waals surface area (Å²) in [5.74, 6) is -2.59. The minimum absolute atomic E-state index is 0.200. The predicted octanol–water partition coefficient (Wildman–Crippen LogP) is 4.02. The number of nitrogens with one attached hydrogen (secondary N) is 1. The molecule has 0 spiro atoms. The molecule has 0 radical (unpaired) electrons. The molecule has 1 aromatic carbocycles. The van der Waals surface area contributed by atoms with Crippen molar-refractivity contribution in [2.75, 3.05) is 38.1 Å². The average Bonchev–Trinajstić information content (AvgIpc) is 3.69. The molecule has 1 unspecified atom stereocenters. The van der Waals surface area contributed by atoms with Gasteiger partial charge in [-0.2, -0.15) is 8.78 Å². The third-order valence-electron chi connectivity index (χ3n) is 7.51. The first-order valence-corrected chi connectivity index (χ1v) is 12.6. The lowest BCUT2D eigenvalue weighted by molar-refractivity contribution is -0.0556. The second kappa shape index (κ2) is 9.64. The number of aliphatic hydroxyl groups excluding tert-OH is 1. The predicted molar refractivity (Wildman–Crippen MR) is 128 cm³/mol. The SMILES string of the molecule is C[C@@H](Nc1nc(Cl)nc2c1CC(N1CCN(C3CC3)CC1)CC2)c1cccc(C(F)(F)CO)c1. The van der Waals surface area contributed by atoms with Crippen LogP contribution >= 0.6 is 11.6 Å². The van der Waals surface area contributed by atoms with Gasteiger partial charge in [-0.05, 0) is 62.3 Å². The van der Waals surface area contributed by atoms with E-state index in [0.717, 1.165) is 62.7 Å². The van der Waals surface area contributed by atoms with E-state index in [9.17, 15) is 8.78 Å². The molecule has 0 amide bonds. The number of benzene rings is 1. The fourth-order valence-electron chi connectivity index (χ4n) is 5.32. The Bertz CT molecular complexity index is 1030. The van der Waals surface area contributed by atoms with Crippen molar-refractivity contribution < 1.29 is 13.9 Å². The second-order valence-electron chi connectivity index (χ2n) is 9.82. The van der Waals surface area contributed by atoms with Crippen molar-refractivity contribution in [2.45, 2.75) is 63.1 Å². The molecule has 5 rings (SSSR count). The molecule has 2 fully saturated rings. The zero-order chi connectivity index (χ0) is 23.9. The molecule has 1 saturated heterocycles. The number of hydrogen-bond acceptors (Lipinski definition) is 6. The third-order valence-corrected chi connectivity index (χ3v) is 7.68. The fourth-order valence-corrected chi connectivity index (χ4v) is 5.50. The van der Waals surface area contributed by atoms with Gasteiger partial charge in [-0.15, -0.1) is 0 Å². The van der Waals surface area contributed by atoms with Crippen molar-refractivity contribution in [1.29, 1.82) is 0 Å². The van der Waals surface area contributed by atoms with Gasteiger partial charge in [0.05, 0.1) is 5.69 Å². The number of fused-ring (bicyclic) bond motifs is 1. The van der Waals surface area contributed by atoms with Gasteiger partial charge in [0.15, 0.2) is 0 Å². The number of rotatable bonds is 7. The van der Waals surface area contributed by atoms with Gasteiger partial charge in [-0.25, -0.2) is 9.97 Å². The van der Waals surface area contributed by atoms with Gasteiger partial charge in [0.2, 0.25) is 5.28 Å². The maximum absolute atomic E-state index is 14.0. The Morgan fingerprint density at radius 3 is 2.50 bits per heavy atom. The van der Waals surface area contributed by atoms with E-state index in [2.05, 4.69) is 25.1 Å². The van der Waals surface area contributed by atoms with Gasteiger partial charge in [-0.1, -0.05) is 18.2 Å². The number of piperazine rings is 1. The van der Waals surface area contributed by atoms with Gasteiger partial charge in [-0.3, -0.25) is 9.80 Å². The van der Waals surface area contributed by atoms with Crippen LogP contribution in [-0.4, -0.2) is 69.7 Å². The monoisotopic (exact) mass is 491 g/mol. The standard InChI is InChI=1S/C25H32ClF2N5O/c1-16(17-3-2-4-18(13-17)25(27,28)15-34)29-23-21-14-20(7-8-22(21)30-24(26)31-23)33-11-9-32(10-12-33)19-5-6-19/h2-4,13,16,19-20,34H,5-12,14-15H2,1H3,(H,29,30,31)/t16-,20?/m1/s1. The van der Waals surface area contributed by atoms with Crippen molar-refractivity contribution >= 4 is 17.4 Å². The number of aryl methyl sites for hydroxylation is 1. The van der Waals surface area contributed by atoms with Crippen LogP contribution in [0.15, 0.2) is 24.3 Å². The number of aliphatic hydroxyl groups is 1. The van der Waals surface area contributed by atoms with E-state index in [1.165, 1.54) is 25.0 Å². The molecule has 0 bridgehead atoms. The van der Waals surface area contributed by atoms with Crippen LogP contribution in [0.4, 0.5) is 14.6 Å². The van der Waals surface area contributed by atoms with Gasteiger partial charge in [0.25, 0.3) is 5.92 Å². The molecule has 184 valence electrons. The molecule has 1 aromatic heterocycles. The minimum atomic E-state index is -3.27. The molecular weight excluding hydrogens is 460 g/mol.